The first-order valence-electron chi connectivity index (χ1n) is 13.7. The lowest BCUT2D eigenvalue weighted by Gasteiger charge is -2.42. The normalized spacial score (nSPS) is 16.5. The highest BCUT2D eigenvalue weighted by Crippen LogP contribution is 2.44. The first-order valence-corrected chi connectivity index (χ1v) is 13.7. The number of carboxylic acids is 1. The van der Waals surface area contributed by atoms with Crippen LogP contribution in [0.25, 0.3) is 11.1 Å². The molecule has 8 heteroatoms. The highest BCUT2D eigenvalue weighted by atomic mass is 16.5. The number of hydrogen-bond acceptors (Lipinski definition) is 5. The molecule has 0 unspecified atom stereocenters. The van der Waals surface area contributed by atoms with Crippen molar-refractivity contribution in [2.45, 2.75) is 62.8 Å². The average molecular weight is 543 g/mol. The number of hydrogen-bond donors (Lipinski definition) is 3. The fraction of sp³-hybridized carbons (Fsp3) is 0.344. The van der Waals surface area contributed by atoms with Gasteiger partial charge in [-0.3, -0.25) is 9.59 Å². The van der Waals surface area contributed by atoms with Gasteiger partial charge in [-0.25, -0.2) is 4.79 Å². The molecule has 8 nitrogen and oxygen atoms in total. The van der Waals surface area contributed by atoms with Crippen LogP contribution in [0.5, 0.6) is 0 Å². The molecule has 0 saturated heterocycles. The van der Waals surface area contributed by atoms with E-state index in [1.807, 2.05) is 66.7 Å². The van der Waals surface area contributed by atoms with Gasteiger partial charge in [0.25, 0.3) is 0 Å². The standard InChI is InChI=1S/C32H34N2O6/c1-21(39-19-22-10-3-2-4-11-22)29(30(37)34-32(16-9-17-32)18-28(35)36)33-31(38)40-20-27-25-14-7-5-12-23(25)24-13-6-8-15-26(24)27/h2-8,10-15,21,27,29H,9,16-20H2,1H3,(H,33,38)(H,34,37)(H,35,36)/t21-,29+/m0/s1. The molecule has 0 bridgehead atoms. The van der Waals surface area contributed by atoms with Crippen molar-refractivity contribution in [3.63, 3.8) is 0 Å². The van der Waals surface area contributed by atoms with Crippen molar-refractivity contribution in [2.75, 3.05) is 6.61 Å². The van der Waals surface area contributed by atoms with Crippen molar-refractivity contribution >= 4 is 18.0 Å². The molecule has 1 fully saturated rings. The molecule has 1 saturated carbocycles. The smallest absolute Gasteiger partial charge is 0.407 e. The molecular weight excluding hydrogens is 508 g/mol. The second kappa shape index (κ2) is 11.9. The molecule has 0 radical (unpaired) electrons. The minimum absolute atomic E-state index is 0.108. The Morgan fingerprint density at radius 3 is 2.10 bits per heavy atom. The molecule has 0 spiro atoms. The lowest BCUT2D eigenvalue weighted by atomic mass is 9.74. The van der Waals surface area contributed by atoms with E-state index < -0.39 is 35.7 Å². The summed E-state index contributed by atoms with van der Waals surface area (Å²) in [5.74, 6) is -1.59. The van der Waals surface area contributed by atoms with Crippen molar-refractivity contribution in [2.24, 2.45) is 0 Å². The molecule has 2 atom stereocenters. The largest absolute Gasteiger partial charge is 0.481 e. The number of benzene rings is 3. The van der Waals surface area contributed by atoms with Gasteiger partial charge in [-0.05, 0) is 54.0 Å². The highest BCUT2D eigenvalue weighted by Gasteiger charge is 2.43. The van der Waals surface area contributed by atoms with E-state index in [1.54, 1.807) is 6.92 Å². The zero-order valence-electron chi connectivity index (χ0n) is 22.5. The molecule has 3 aromatic rings. The van der Waals surface area contributed by atoms with Crippen LogP contribution in [0.15, 0.2) is 78.9 Å². The Morgan fingerprint density at radius 2 is 1.52 bits per heavy atom. The summed E-state index contributed by atoms with van der Waals surface area (Å²) >= 11 is 0. The van der Waals surface area contributed by atoms with Gasteiger partial charge in [-0.2, -0.15) is 0 Å². The van der Waals surface area contributed by atoms with E-state index in [2.05, 4.69) is 22.8 Å². The summed E-state index contributed by atoms with van der Waals surface area (Å²) in [6.07, 6.45) is 0.359. The maximum atomic E-state index is 13.5. The second-order valence-corrected chi connectivity index (χ2v) is 10.6. The fourth-order valence-electron chi connectivity index (χ4n) is 5.64. The van der Waals surface area contributed by atoms with Crippen molar-refractivity contribution in [1.82, 2.24) is 10.6 Å². The lowest BCUT2D eigenvalue weighted by molar-refractivity contribution is -0.141. The number of alkyl carbamates (subject to hydrolysis) is 1. The van der Waals surface area contributed by atoms with Crippen LogP contribution in [0, 0.1) is 0 Å². The third kappa shape index (κ3) is 6.02. The molecule has 0 aromatic heterocycles. The van der Waals surface area contributed by atoms with Crippen molar-refractivity contribution < 1.29 is 29.0 Å². The van der Waals surface area contributed by atoms with Crippen LogP contribution in [0.3, 0.4) is 0 Å². The number of rotatable bonds is 11. The van der Waals surface area contributed by atoms with Crippen LogP contribution in [0.1, 0.15) is 55.2 Å². The molecule has 208 valence electrons. The Hall–Kier alpha value is -4.17. The van der Waals surface area contributed by atoms with E-state index in [9.17, 15) is 19.5 Å². The zero-order valence-corrected chi connectivity index (χ0v) is 22.5. The number of ether oxygens (including phenoxy) is 2. The van der Waals surface area contributed by atoms with Crippen LogP contribution >= 0.6 is 0 Å². The van der Waals surface area contributed by atoms with Gasteiger partial charge >= 0.3 is 12.1 Å². The Labute approximate surface area is 233 Å². The number of nitrogens with one attached hydrogen (secondary N) is 2. The Balaban J connectivity index is 1.28. The molecule has 5 rings (SSSR count). The minimum atomic E-state index is -1.08. The van der Waals surface area contributed by atoms with E-state index in [0.29, 0.717) is 12.8 Å². The van der Waals surface area contributed by atoms with Crippen molar-refractivity contribution in [3.8, 4) is 11.1 Å². The van der Waals surface area contributed by atoms with Gasteiger partial charge in [0.15, 0.2) is 0 Å². The van der Waals surface area contributed by atoms with Crippen LogP contribution in [0.2, 0.25) is 0 Å². The number of carboxylic acid groups (broad SMARTS) is 1. The van der Waals surface area contributed by atoms with E-state index in [4.69, 9.17) is 9.47 Å². The summed E-state index contributed by atoms with van der Waals surface area (Å²) in [5, 5.41) is 15.0. The van der Waals surface area contributed by atoms with Gasteiger partial charge in [0, 0.05) is 5.92 Å². The number of carbonyl (C=O) groups excluding carboxylic acids is 2. The molecular formula is C32H34N2O6. The van der Waals surface area contributed by atoms with Gasteiger partial charge in [0.1, 0.15) is 12.6 Å². The predicted molar refractivity (Wildman–Crippen MR) is 150 cm³/mol. The van der Waals surface area contributed by atoms with Gasteiger partial charge in [0.05, 0.1) is 24.7 Å². The van der Waals surface area contributed by atoms with Crippen LogP contribution < -0.4 is 10.6 Å². The van der Waals surface area contributed by atoms with E-state index in [0.717, 1.165) is 34.2 Å². The molecule has 2 aliphatic carbocycles. The highest BCUT2D eigenvalue weighted by molar-refractivity contribution is 5.87. The molecule has 3 N–H and O–H groups in total. The van der Waals surface area contributed by atoms with Crippen LogP contribution in [0.4, 0.5) is 4.79 Å². The van der Waals surface area contributed by atoms with Gasteiger partial charge in [0.2, 0.25) is 5.91 Å². The maximum Gasteiger partial charge on any atom is 0.407 e. The predicted octanol–water partition coefficient (Wildman–Crippen LogP) is 5.01. The summed E-state index contributed by atoms with van der Waals surface area (Å²) in [5.41, 5.74) is 4.53. The lowest BCUT2D eigenvalue weighted by Crippen LogP contribution is -2.61. The Morgan fingerprint density at radius 1 is 0.925 bits per heavy atom. The third-order valence-electron chi connectivity index (χ3n) is 7.91. The second-order valence-electron chi connectivity index (χ2n) is 10.6. The van der Waals surface area contributed by atoms with Crippen LogP contribution in [-0.2, 0) is 25.7 Å². The summed E-state index contributed by atoms with van der Waals surface area (Å²) in [6.45, 7) is 2.07. The minimum Gasteiger partial charge on any atom is -0.481 e. The monoisotopic (exact) mass is 542 g/mol. The zero-order chi connectivity index (χ0) is 28.1. The quantitative estimate of drug-likeness (QED) is 0.314. The number of carbonyl (C=O) groups is 3. The molecule has 2 aliphatic rings. The van der Waals surface area contributed by atoms with Crippen molar-refractivity contribution in [1.29, 1.82) is 0 Å². The Bertz CT molecular complexity index is 1330. The molecule has 2 amide bonds. The van der Waals surface area contributed by atoms with E-state index in [1.165, 1.54) is 0 Å². The number of amides is 2. The number of aliphatic carboxylic acids is 1. The van der Waals surface area contributed by atoms with E-state index in [-0.39, 0.29) is 25.6 Å². The topological polar surface area (TPSA) is 114 Å². The molecule has 0 heterocycles. The first kappa shape index (κ1) is 27.4. The molecule has 40 heavy (non-hydrogen) atoms. The molecule has 3 aromatic carbocycles. The van der Waals surface area contributed by atoms with Crippen molar-refractivity contribution in [3.05, 3.63) is 95.6 Å². The third-order valence-corrected chi connectivity index (χ3v) is 7.91. The van der Waals surface area contributed by atoms with Gasteiger partial charge in [-0.15, -0.1) is 0 Å². The van der Waals surface area contributed by atoms with Gasteiger partial charge < -0.3 is 25.2 Å². The SMILES string of the molecule is C[C@H](OCc1ccccc1)[C@@H](NC(=O)OCC1c2ccccc2-c2ccccc21)C(=O)NC1(CC(=O)O)CCC1. The Kier molecular flexibility index (Phi) is 8.16. The van der Waals surface area contributed by atoms with Gasteiger partial charge in [-0.1, -0.05) is 78.9 Å². The maximum absolute atomic E-state index is 13.5. The summed E-state index contributed by atoms with van der Waals surface area (Å²) < 4.78 is 11.7. The summed E-state index contributed by atoms with van der Waals surface area (Å²) in [4.78, 5) is 38.0. The fourth-order valence-corrected chi connectivity index (χ4v) is 5.64. The summed E-state index contributed by atoms with van der Waals surface area (Å²) in [6, 6.07) is 24.6. The molecule has 0 aliphatic heterocycles. The van der Waals surface area contributed by atoms with Crippen LogP contribution in [-0.4, -0.2) is 47.4 Å². The first-order chi connectivity index (χ1) is 19.3. The number of fused-ring (bicyclic) bond motifs is 3. The summed E-state index contributed by atoms with van der Waals surface area (Å²) in [7, 11) is 0. The average Bonchev–Trinajstić information content (AvgIpc) is 3.26. The van der Waals surface area contributed by atoms with E-state index >= 15 is 0 Å².